The van der Waals surface area contributed by atoms with Crippen LogP contribution in [0.1, 0.15) is 11.1 Å². The molecule has 0 bridgehead atoms. The van der Waals surface area contributed by atoms with Crippen molar-refractivity contribution < 1.29 is 18.6 Å². The molecule has 0 atom stereocenters. The molecule has 0 fully saturated rings. The summed E-state index contributed by atoms with van der Waals surface area (Å²) in [7, 11) is -3.60. The van der Waals surface area contributed by atoms with E-state index in [-0.39, 0.29) is 16.4 Å². The SMILES string of the molecule is O=S1(=O)Nc2ccccc2C1=Cc1ccc(O)c(O)c1. The smallest absolute Gasteiger partial charge is 0.262 e. The first-order valence-corrected chi connectivity index (χ1v) is 7.31. The van der Waals surface area contributed by atoms with E-state index in [1.54, 1.807) is 24.3 Å². The first kappa shape index (κ1) is 12.6. The van der Waals surface area contributed by atoms with Gasteiger partial charge in [0.15, 0.2) is 11.5 Å². The fourth-order valence-corrected chi connectivity index (χ4v) is 3.40. The average molecular weight is 289 g/mol. The average Bonchev–Trinajstić information content (AvgIpc) is 2.65. The highest BCUT2D eigenvalue weighted by molar-refractivity contribution is 8.02. The predicted molar refractivity (Wildman–Crippen MR) is 76.6 cm³/mol. The Balaban J connectivity index is 2.17. The molecule has 0 spiro atoms. The van der Waals surface area contributed by atoms with Gasteiger partial charge in [0.2, 0.25) is 0 Å². The summed E-state index contributed by atoms with van der Waals surface area (Å²) in [5, 5.41) is 18.7. The molecule has 0 amide bonds. The molecule has 0 unspecified atom stereocenters. The number of rotatable bonds is 1. The fourth-order valence-electron chi connectivity index (χ4n) is 2.07. The third-order valence-electron chi connectivity index (χ3n) is 3.02. The van der Waals surface area contributed by atoms with Crippen LogP contribution in [0.25, 0.3) is 11.0 Å². The van der Waals surface area contributed by atoms with Gasteiger partial charge in [-0.25, -0.2) is 8.42 Å². The molecule has 2 aromatic carbocycles. The van der Waals surface area contributed by atoms with Crippen LogP contribution < -0.4 is 4.72 Å². The van der Waals surface area contributed by atoms with Crippen molar-refractivity contribution >= 4 is 26.7 Å². The van der Waals surface area contributed by atoms with Gasteiger partial charge in [-0.15, -0.1) is 0 Å². The molecule has 1 aliphatic heterocycles. The molecule has 3 rings (SSSR count). The van der Waals surface area contributed by atoms with Gasteiger partial charge in [-0.05, 0) is 29.8 Å². The molecule has 0 aromatic heterocycles. The van der Waals surface area contributed by atoms with E-state index in [9.17, 15) is 18.6 Å². The van der Waals surface area contributed by atoms with E-state index in [0.29, 0.717) is 16.8 Å². The van der Waals surface area contributed by atoms with E-state index in [1.807, 2.05) is 0 Å². The Morgan fingerprint density at radius 2 is 1.75 bits per heavy atom. The molecule has 102 valence electrons. The van der Waals surface area contributed by atoms with Gasteiger partial charge < -0.3 is 10.2 Å². The topological polar surface area (TPSA) is 86.6 Å². The van der Waals surface area contributed by atoms with Gasteiger partial charge >= 0.3 is 0 Å². The second-order valence-electron chi connectivity index (χ2n) is 4.41. The Morgan fingerprint density at radius 1 is 1.00 bits per heavy atom. The molecule has 20 heavy (non-hydrogen) atoms. The summed E-state index contributed by atoms with van der Waals surface area (Å²) in [4.78, 5) is 0.137. The summed E-state index contributed by atoms with van der Waals surface area (Å²) in [6.07, 6.45) is 1.45. The zero-order valence-electron chi connectivity index (χ0n) is 10.2. The zero-order chi connectivity index (χ0) is 14.3. The highest BCUT2D eigenvalue weighted by atomic mass is 32.2. The Morgan fingerprint density at radius 3 is 2.50 bits per heavy atom. The minimum absolute atomic E-state index is 0.137. The number of aromatic hydroxyl groups is 2. The third-order valence-corrected chi connectivity index (χ3v) is 4.43. The van der Waals surface area contributed by atoms with Crippen molar-refractivity contribution in [2.45, 2.75) is 0 Å². The Kier molecular flexibility index (Phi) is 2.69. The molecule has 5 nitrogen and oxygen atoms in total. The molecule has 1 heterocycles. The van der Waals surface area contributed by atoms with Crippen LogP contribution >= 0.6 is 0 Å². The van der Waals surface area contributed by atoms with Gasteiger partial charge in [0.1, 0.15) is 0 Å². The molecule has 0 radical (unpaired) electrons. The Bertz CT molecular complexity index is 825. The summed E-state index contributed by atoms with van der Waals surface area (Å²) >= 11 is 0. The quantitative estimate of drug-likeness (QED) is 0.703. The monoisotopic (exact) mass is 289 g/mol. The van der Waals surface area contributed by atoms with E-state index < -0.39 is 10.0 Å². The van der Waals surface area contributed by atoms with Crippen LogP contribution in [0.5, 0.6) is 11.5 Å². The molecule has 1 aliphatic rings. The van der Waals surface area contributed by atoms with E-state index in [0.717, 1.165) is 0 Å². The van der Waals surface area contributed by atoms with Crippen molar-refractivity contribution in [1.29, 1.82) is 0 Å². The van der Waals surface area contributed by atoms with Crippen LogP contribution in [0.4, 0.5) is 5.69 Å². The van der Waals surface area contributed by atoms with Gasteiger partial charge in [-0.2, -0.15) is 0 Å². The van der Waals surface area contributed by atoms with Crippen molar-refractivity contribution in [3.8, 4) is 11.5 Å². The largest absolute Gasteiger partial charge is 0.504 e. The third kappa shape index (κ3) is 2.00. The molecular weight excluding hydrogens is 278 g/mol. The van der Waals surface area contributed by atoms with E-state index in [4.69, 9.17) is 0 Å². The minimum atomic E-state index is -3.60. The number of anilines is 1. The number of phenolic OH excluding ortho intramolecular Hbond substituents is 2. The van der Waals surface area contributed by atoms with Gasteiger partial charge in [-0.3, -0.25) is 4.72 Å². The molecule has 0 saturated carbocycles. The molecule has 0 aliphatic carbocycles. The van der Waals surface area contributed by atoms with E-state index >= 15 is 0 Å². The lowest BCUT2D eigenvalue weighted by atomic mass is 10.1. The van der Waals surface area contributed by atoms with E-state index in [1.165, 1.54) is 24.3 Å². The van der Waals surface area contributed by atoms with Crippen molar-refractivity contribution in [3.05, 3.63) is 53.6 Å². The second-order valence-corrected chi connectivity index (χ2v) is 6.06. The maximum absolute atomic E-state index is 12.1. The first-order valence-electron chi connectivity index (χ1n) is 5.83. The number of fused-ring (bicyclic) bond motifs is 1. The lowest BCUT2D eigenvalue weighted by Crippen LogP contribution is -2.05. The number of phenols is 2. The van der Waals surface area contributed by atoms with Gasteiger partial charge in [0, 0.05) is 5.56 Å². The van der Waals surface area contributed by atoms with E-state index in [2.05, 4.69) is 4.72 Å². The lowest BCUT2D eigenvalue weighted by molar-refractivity contribution is 0.403. The standard InChI is InChI=1S/C14H11NO4S/c16-12-6-5-9(7-13(12)17)8-14-10-3-1-2-4-11(10)15-20(14,18)19/h1-8,15-17H. The van der Waals surface area contributed by atoms with Crippen LogP contribution in [-0.4, -0.2) is 18.6 Å². The summed E-state index contributed by atoms with van der Waals surface area (Å²) in [5.74, 6) is -0.545. The lowest BCUT2D eigenvalue weighted by Gasteiger charge is -2.01. The van der Waals surface area contributed by atoms with Crippen LogP contribution in [0.3, 0.4) is 0 Å². The van der Waals surface area contributed by atoms with Gasteiger partial charge in [0.05, 0.1) is 10.6 Å². The van der Waals surface area contributed by atoms with Crippen molar-refractivity contribution in [3.63, 3.8) is 0 Å². The number of nitrogens with one attached hydrogen (secondary N) is 1. The maximum atomic E-state index is 12.1. The number of benzene rings is 2. The molecule has 0 saturated heterocycles. The first-order chi connectivity index (χ1) is 9.47. The summed E-state index contributed by atoms with van der Waals surface area (Å²) < 4.78 is 26.6. The number of hydrogen-bond donors (Lipinski definition) is 3. The van der Waals surface area contributed by atoms with Crippen molar-refractivity contribution in [2.24, 2.45) is 0 Å². The van der Waals surface area contributed by atoms with Gasteiger partial charge in [0.25, 0.3) is 10.0 Å². The van der Waals surface area contributed by atoms with Crippen LogP contribution in [0.2, 0.25) is 0 Å². The van der Waals surface area contributed by atoms with Gasteiger partial charge in [-0.1, -0.05) is 24.3 Å². The zero-order valence-corrected chi connectivity index (χ0v) is 11.1. The predicted octanol–water partition coefficient (Wildman–Crippen LogP) is 2.35. The molecular formula is C14H11NO4S. The van der Waals surface area contributed by atoms with Crippen LogP contribution in [-0.2, 0) is 10.0 Å². The second kappa shape index (κ2) is 4.28. The Hall–Kier alpha value is -2.47. The maximum Gasteiger partial charge on any atom is 0.262 e. The molecule has 6 heteroatoms. The molecule has 2 aromatic rings. The normalized spacial score (nSPS) is 17.7. The van der Waals surface area contributed by atoms with Crippen molar-refractivity contribution in [1.82, 2.24) is 0 Å². The van der Waals surface area contributed by atoms with Crippen LogP contribution in [0.15, 0.2) is 42.5 Å². The number of hydrogen-bond acceptors (Lipinski definition) is 4. The summed E-state index contributed by atoms with van der Waals surface area (Å²) in [6, 6.07) is 11.0. The number of sulfonamides is 1. The minimum Gasteiger partial charge on any atom is -0.504 e. The Labute approximate surface area is 115 Å². The summed E-state index contributed by atoms with van der Waals surface area (Å²) in [6.45, 7) is 0. The highest BCUT2D eigenvalue weighted by Crippen LogP contribution is 2.38. The fraction of sp³-hybridized carbons (Fsp3) is 0. The molecule has 3 N–H and O–H groups in total. The van der Waals surface area contributed by atoms with Crippen molar-refractivity contribution in [2.75, 3.05) is 4.72 Å². The number of para-hydroxylation sites is 1. The van der Waals surface area contributed by atoms with Crippen LogP contribution in [0, 0.1) is 0 Å². The summed E-state index contributed by atoms with van der Waals surface area (Å²) in [5.41, 5.74) is 1.60. The highest BCUT2D eigenvalue weighted by Gasteiger charge is 2.29.